The highest BCUT2D eigenvalue weighted by Gasteiger charge is 2.24. The van der Waals surface area contributed by atoms with E-state index in [9.17, 15) is 14.2 Å². The first-order valence-electron chi connectivity index (χ1n) is 5.95. The summed E-state index contributed by atoms with van der Waals surface area (Å²) in [6.45, 7) is 5.61. The van der Waals surface area contributed by atoms with Crippen LogP contribution in [-0.4, -0.2) is 42.4 Å². The Labute approximate surface area is 112 Å². The molecule has 0 aliphatic carbocycles. The fourth-order valence-corrected chi connectivity index (χ4v) is 4.54. The minimum atomic E-state index is -2.83. The van der Waals surface area contributed by atoms with E-state index in [1.165, 1.54) is 6.92 Å². The molecule has 18 heavy (non-hydrogen) atoms. The maximum Gasteiger partial charge on any atom is 0.306 e. The SMILES string of the molecule is CCOC(=O)CCP(=O)(CCSC(C)=O)OCC. The molecule has 0 N–H and O–H groups in total. The van der Waals surface area contributed by atoms with Crippen molar-refractivity contribution in [2.45, 2.75) is 27.2 Å². The highest BCUT2D eigenvalue weighted by atomic mass is 32.2. The molecule has 0 saturated carbocycles. The van der Waals surface area contributed by atoms with E-state index in [1.54, 1.807) is 13.8 Å². The Hall–Kier alpha value is -0.320. The molecule has 7 heteroatoms. The van der Waals surface area contributed by atoms with Crippen LogP contribution in [0.2, 0.25) is 0 Å². The Morgan fingerprint density at radius 2 is 1.83 bits per heavy atom. The van der Waals surface area contributed by atoms with Crippen LogP contribution < -0.4 is 0 Å². The molecule has 0 aromatic heterocycles. The third kappa shape index (κ3) is 8.72. The van der Waals surface area contributed by atoms with Crippen LogP contribution in [-0.2, 0) is 23.4 Å². The summed E-state index contributed by atoms with van der Waals surface area (Å²) in [6, 6.07) is 0. The van der Waals surface area contributed by atoms with Gasteiger partial charge in [0.15, 0.2) is 5.12 Å². The molecule has 5 nitrogen and oxygen atoms in total. The Morgan fingerprint density at radius 3 is 2.33 bits per heavy atom. The van der Waals surface area contributed by atoms with Gasteiger partial charge in [-0.3, -0.25) is 14.2 Å². The number of carbonyl (C=O) groups is 2. The summed E-state index contributed by atoms with van der Waals surface area (Å²) in [5.41, 5.74) is 0. The molecule has 106 valence electrons. The maximum atomic E-state index is 12.3. The van der Waals surface area contributed by atoms with E-state index in [0.717, 1.165) is 11.8 Å². The summed E-state index contributed by atoms with van der Waals surface area (Å²) >= 11 is 1.12. The van der Waals surface area contributed by atoms with Crippen LogP contribution in [0.15, 0.2) is 0 Å². The van der Waals surface area contributed by atoms with E-state index < -0.39 is 7.37 Å². The molecule has 0 aromatic carbocycles. The lowest BCUT2D eigenvalue weighted by Crippen LogP contribution is -2.10. The highest BCUT2D eigenvalue weighted by Crippen LogP contribution is 2.47. The van der Waals surface area contributed by atoms with E-state index in [0.29, 0.717) is 25.1 Å². The van der Waals surface area contributed by atoms with E-state index in [-0.39, 0.29) is 23.7 Å². The van der Waals surface area contributed by atoms with E-state index in [2.05, 4.69) is 0 Å². The molecule has 0 heterocycles. The zero-order valence-electron chi connectivity index (χ0n) is 11.1. The van der Waals surface area contributed by atoms with E-state index >= 15 is 0 Å². The summed E-state index contributed by atoms with van der Waals surface area (Å²) in [7, 11) is -2.83. The first-order valence-corrected chi connectivity index (χ1v) is 8.93. The van der Waals surface area contributed by atoms with Crippen molar-refractivity contribution in [2.75, 3.05) is 31.3 Å². The third-order valence-corrected chi connectivity index (χ3v) is 5.72. The fourth-order valence-electron chi connectivity index (χ4n) is 1.30. The van der Waals surface area contributed by atoms with Crippen molar-refractivity contribution in [3.63, 3.8) is 0 Å². The fraction of sp³-hybridized carbons (Fsp3) is 0.818. The molecule has 0 fully saturated rings. The van der Waals surface area contributed by atoms with Crippen molar-refractivity contribution in [3.8, 4) is 0 Å². The van der Waals surface area contributed by atoms with Crippen LogP contribution in [0.25, 0.3) is 0 Å². The number of hydrogen-bond acceptors (Lipinski definition) is 6. The van der Waals surface area contributed by atoms with Gasteiger partial charge in [-0.1, -0.05) is 11.8 Å². The van der Waals surface area contributed by atoms with Crippen molar-refractivity contribution >= 4 is 30.2 Å². The monoisotopic (exact) mass is 296 g/mol. The molecule has 0 spiro atoms. The van der Waals surface area contributed by atoms with Crippen molar-refractivity contribution in [3.05, 3.63) is 0 Å². The van der Waals surface area contributed by atoms with Gasteiger partial charge < -0.3 is 9.26 Å². The van der Waals surface area contributed by atoms with Crippen molar-refractivity contribution in [1.29, 1.82) is 0 Å². The molecular formula is C11H21O5PS. The molecule has 1 unspecified atom stereocenters. The summed E-state index contributed by atoms with van der Waals surface area (Å²) in [5.74, 6) is 0.0896. The standard InChI is InChI=1S/C11H21O5PS/c1-4-15-11(13)6-7-17(14,16-5-2)8-9-18-10(3)12/h4-9H2,1-3H3. The third-order valence-electron chi connectivity index (χ3n) is 2.06. The molecule has 0 aliphatic rings. The number of carbonyl (C=O) groups excluding carboxylic acids is 2. The average Bonchev–Trinajstić information content (AvgIpc) is 2.27. The average molecular weight is 296 g/mol. The summed E-state index contributed by atoms with van der Waals surface area (Å²) in [5, 5.41) is -0.0107. The van der Waals surface area contributed by atoms with Gasteiger partial charge in [0.2, 0.25) is 7.37 Å². The maximum absolute atomic E-state index is 12.3. The number of ether oxygens (including phenoxy) is 1. The number of thioether (sulfide) groups is 1. The Bertz CT molecular complexity index is 319. The minimum absolute atomic E-state index is 0.0107. The second kappa shape index (κ2) is 9.59. The topological polar surface area (TPSA) is 69.7 Å². The zero-order valence-corrected chi connectivity index (χ0v) is 12.9. The van der Waals surface area contributed by atoms with Crippen LogP contribution in [0.4, 0.5) is 0 Å². The molecular weight excluding hydrogens is 275 g/mol. The predicted molar refractivity (Wildman–Crippen MR) is 73.4 cm³/mol. The van der Waals surface area contributed by atoms with Gasteiger partial charge in [0.25, 0.3) is 0 Å². The van der Waals surface area contributed by atoms with Crippen molar-refractivity contribution in [2.24, 2.45) is 0 Å². The lowest BCUT2D eigenvalue weighted by atomic mass is 10.5. The van der Waals surface area contributed by atoms with Crippen molar-refractivity contribution < 1.29 is 23.4 Å². The zero-order chi connectivity index (χ0) is 14.0. The van der Waals surface area contributed by atoms with Gasteiger partial charge in [-0.15, -0.1) is 0 Å². The number of hydrogen-bond donors (Lipinski definition) is 0. The second-order valence-corrected chi connectivity index (χ2v) is 7.63. The highest BCUT2D eigenvalue weighted by molar-refractivity contribution is 8.13. The second-order valence-electron chi connectivity index (χ2n) is 3.57. The van der Waals surface area contributed by atoms with Crippen LogP contribution >= 0.6 is 19.1 Å². The first kappa shape index (κ1) is 17.7. The van der Waals surface area contributed by atoms with Crippen LogP contribution in [0.3, 0.4) is 0 Å². The Morgan fingerprint density at radius 1 is 1.17 bits per heavy atom. The lowest BCUT2D eigenvalue weighted by Gasteiger charge is -2.16. The molecule has 1 atom stereocenters. The molecule has 0 aliphatic heterocycles. The summed E-state index contributed by atoms with van der Waals surface area (Å²) < 4.78 is 22.4. The van der Waals surface area contributed by atoms with E-state index in [1.807, 2.05) is 0 Å². The quantitative estimate of drug-likeness (QED) is 0.481. The van der Waals surface area contributed by atoms with Crippen molar-refractivity contribution in [1.82, 2.24) is 0 Å². The lowest BCUT2D eigenvalue weighted by molar-refractivity contribution is -0.142. The number of esters is 1. The smallest absolute Gasteiger partial charge is 0.306 e. The summed E-state index contributed by atoms with van der Waals surface area (Å²) in [4.78, 5) is 22.0. The van der Waals surface area contributed by atoms with Gasteiger partial charge in [0, 0.05) is 25.0 Å². The van der Waals surface area contributed by atoms with E-state index in [4.69, 9.17) is 9.26 Å². The van der Waals surface area contributed by atoms with Gasteiger partial charge in [-0.25, -0.2) is 0 Å². The minimum Gasteiger partial charge on any atom is -0.466 e. The molecule has 0 rings (SSSR count). The summed E-state index contributed by atoms with van der Waals surface area (Å²) in [6.07, 6.45) is 0.582. The molecule has 0 amide bonds. The van der Waals surface area contributed by atoms with Gasteiger partial charge in [-0.05, 0) is 13.8 Å². The van der Waals surface area contributed by atoms with Crippen LogP contribution in [0.1, 0.15) is 27.2 Å². The van der Waals surface area contributed by atoms with Gasteiger partial charge in [-0.2, -0.15) is 0 Å². The normalized spacial score (nSPS) is 13.9. The Kier molecular flexibility index (Phi) is 9.42. The van der Waals surface area contributed by atoms with Crippen LogP contribution in [0, 0.1) is 0 Å². The largest absolute Gasteiger partial charge is 0.466 e. The first-order chi connectivity index (χ1) is 8.43. The van der Waals surface area contributed by atoms with Gasteiger partial charge >= 0.3 is 5.97 Å². The molecule has 0 aromatic rings. The molecule has 0 saturated heterocycles. The predicted octanol–water partition coefficient (Wildman–Crippen LogP) is 2.53. The Balaban J connectivity index is 4.20. The van der Waals surface area contributed by atoms with Gasteiger partial charge in [0.05, 0.1) is 19.6 Å². The molecule has 0 radical (unpaired) electrons. The molecule has 0 bridgehead atoms. The van der Waals surface area contributed by atoms with Gasteiger partial charge in [0.1, 0.15) is 0 Å². The number of rotatable bonds is 9. The van der Waals surface area contributed by atoms with Crippen LogP contribution in [0.5, 0.6) is 0 Å².